The van der Waals surface area contributed by atoms with E-state index in [1.807, 2.05) is 0 Å². The molecule has 0 aromatic carbocycles. The minimum Gasteiger partial charge on any atom is -0.480 e. The van der Waals surface area contributed by atoms with Crippen LogP contribution in [0, 0.1) is 0 Å². The fourth-order valence-electron chi connectivity index (χ4n) is 0.646. The summed E-state index contributed by atoms with van der Waals surface area (Å²) in [6.07, 6.45) is 0. The zero-order chi connectivity index (χ0) is 11.5. The summed E-state index contributed by atoms with van der Waals surface area (Å²) in [6.45, 7) is -0.00568. The summed E-state index contributed by atoms with van der Waals surface area (Å²) in [7, 11) is 1.46. The summed E-state index contributed by atoms with van der Waals surface area (Å²) in [5.41, 5.74) is 0. The van der Waals surface area contributed by atoms with Gasteiger partial charge in [0.25, 0.3) is 0 Å². The molecule has 0 aliphatic heterocycles. The van der Waals surface area contributed by atoms with Crippen LogP contribution in [0.5, 0.6) is 0 Å². The normalized spacial score (nSPS) is 9.93. The maximum atomic E-state index is 10.9. The van der Waals surface area contributed by atoms with Crippen LogP contribution in [-0.2, 0) is 23.8 Å². The van der Waals surface area contributed by atoms with Gasteiger partial charge in [-0.3, -0.25) is 4.79 Å². The predicted octanol–water partition coefficient (Wildman–Crippen LogP) is -1.18. The molecule has 1 amide bonds. The molecule has 0 bridgehead atoms. The number of nitrogens with one attached hydrogen (secondary N) is 1. The highest BCUT2D eigenvalue weighted by atomic mass is 16.5. The Labute approximate surface area is 87.3 Å². The van der Waals surface area contributed by atoms with E-state index in [-0.39, 0.29) is 39.1 Å². The Kier molecular flexibility index (Phi) is 8.64. The lowest BCUT2D eigenvalue weighted by Gasteiger charge is -2.05. The molecular weight excluding hydrogens is 206 g/mol. The van der Waals surface area contributed by atoms with E-state index in [0.717, 1.165) is 0 Å². The van der Waals surface area contributed by atoms with Gasteiger partial charge in [0.15, 0.2) is 0 Å². The van der Waals surface area contributed by atoms with Crippen LogP contribution in [0.4, 0.5) is 0 Å². The van der Waals surface area contributed by atoms with Crippen molar-refractivity contribution in [2.24, 2.45) is 0 Å². The molecule has 0 aliphatic rings. The highest BCUT2D eigenvalue weighted by molar-refractivity contribution is 5.76. The van der Waals surface area contributed by atoms with Gasteiger partial charge in [0, 0.05) is 7.11 Å². The number of ether oxygens (including phenoxy) is 3. The van der Waals surface area contributed by atoms with Crippen molar-refractivity contribution < 1.29 is 28.9 Å². The molecule has 0 saturated carbocycles. The van der Waals surface area contributed by atoms with Crippen molar-refractivity contribution in [1.29, 1.82) is 0 Å². The average molecular weight is 221 g/mol. The van der Waals surface area contributed by atoms with E-state index in [4.69, 9.17) is 9.84 Å². The first-order valence-electron chi connectivity index (χ1n) is 4.29. The lowest BCUT2D eigenvalue weighted by atomic mass is 10.6. The van der Waals surface area contributed by atoms with Crippen LogP contribution in [0.2, 0.25) is 0 Å². The van der Waals surface area contributed by atoms with Gasteiger partial charge in [0.1, 0.15) is 19.9 Å². The minimum atomic E-state index is -1.03. The van der Waals surface area contributed by atoms with Crippen LogP contribution in [0.25, 0.3) is 0 Å². The molecule has 0 aromatic heterocycles. The third-order valence-electron chi connectivity index (χ3n) is 1.24. The number of carboxylic acid groups (broad SMARTS) is 1. The van der Waals surface area contributed by atoms with Gasteiger partial charge in [-0.2, -0.15) is 0 Å². The maximum absolute atomic E-state index is 10.9. The molecule has 0 spiro atoms. The van der Waals surface area contributed by atoms with Crippen molar-refractivity contribution in [3.05, 3.63) is 0 Å². The molecule has 2 N–H and O–H groups in total. The number of rotatable bonds is 9. The molecule has 0 radical (unpaired) electrons. The second kappa shape index (κ2) is 9.38. The molecular formula is C8H15NO6. The summed E-state index contributed by atoms with van der Waals surface area (Å²) in [6, 6.07) is 0. The van der Waals surface area contributed by atoms with Gasteiger partial charge in [-0.05, 0) is 0 Å². The molecule has 0 aromatic rings. The summed E-state index contributed by atoms with van der Waals surface area (Å²) in [5.74, 6) is -1.33. The highest BCUT2D eigenvalue weighted by Crippen LogP contribution is 1.79. The number of aliphatic carboxylic acids is 1. The lowest BCUT2D eigenvalue weighted by Crippen LogP contribution is -2.29. The quantitative estimate of drug-likeness (QED) is 0.376. The van der Waals surface area contributed by atoms with Gasteiger partial charge < -0.3 is 24.6 Å². The van der Waals surface area contributed by atoms with Crippen molar-refractivity contribution in [1.82, 2.24) is 5.32 Å². The summed E-state index contributed by atoms with van der Waals surface area (Å²) < 4.78 is 14.2. The van der Waals surface area contributed by atoms with Crippen molar-refractivity contribution in [3.63, 3.8) is 0 Å². The molecule has 7 heteroatoms. The van der Waals surface area contributed by atoms with Crippen molar-refractivity contribution in [2.45, 2.75) is 0 Å². The molecule has 0 rings (SSSR count). The molecule has 15 heavy (non-hydrogen) atoms. The zero-order valence-electron chi connectivity index (χ0n) is 8.52. The van der Waals surface area contributed by atoms with Crippen LogP contribution >= 0.6 is 0 Å². The van der Waals surface area contributed by atoms with Gasteiger partial charge in [-0.25, -0.2) is 4.79 Å². The van der Waals surface area contributed by atoms with E-state index < -0.39 is 5.97 Å². The molecule has 0 unspecified atom stereocenters. The largest absolute Gasteiger partial charge is 0.480 e. The number of carbonyl (C=O) groups excluding carboxylic acids is 1. The van der Waals surface area contributed by atoms with Crippen molar-refractivity contribution in [3.8, 4) is 0 Å². The number of hydrogen-bond donors (Lipinski definition) is 2. The number of carbonyl (C=O) groups is 2. The second-order valence-electron chi connectivity index (χ2n) is 2.53. The van der Waals surface area contributed by atoms with E-state index in [1.165, 1.54) is 7.11 Å². The number of hydrogen-bond acceptors (Lipinski definition) is 5. The van der Waals surface area contributed by atoms with E-state index >= 15 is 0 Å². The molecule has 0 atom stereocenters. The Morgan fingerprint density at radius 1 is 1.20 bits per heavy atom. The number of amides is 1. The fraction of sp³-hybridized carbons (Fsp3) is 0.750. The molecule has 88 valence electrons. The Morgan fingerprint density at radius 2 is 1.80 bits per heavy atom. The first-order chi connectivity index (χ1) is 7.16. The van der Waals surface area contributed by atoms with Crippen LogP contribution in [0.3, 0.4) is 0 Å². The third kappa shape index (κ3) is 10.7. The van der Waals surface area contributed by atoms with E-state index in [0.29, 0.717) is 0 Å². The zero-order valence-corrected chi connectivity index (χ0v) is 8.52. The van der Waals surface area contributed by atoms with Crippen LogP contribution in [-0.4, -0.2) is 57.3 Å². The standard InChI is InChI=1S/C8H15NO6/c1-13-6-9-7(10)4-14-2-3-15-5-8(11)12/h2-6H2,1H3,(H,9,10)(H,11,12). The monoisotopic (exact) mass is 221 g/mol. The van der Waals surface area contributed by atoms with Gasteiger partial charge in [-0.15, -0.1) is 0 Å². The maximum Gasteiger partial charge on any atom is 0.329 e. The fourth-order valence-corrected chi connectivity index (χ4v) is 0.646. The van der Waals surface area contributed by atoms with Gasteiger partial charge >= 0.3 is 5.97 Å². The highest BCUT2D eigenvalue weighted by Gasteiger charge is 2.00. The first kappa shape index (κ1) is 13.8. The summed E-state index contributed by atoms with van der Waals surface area (Å²) in [4.78, 5) is 20.9. The molecule has 7 nitrogen and oxygen atoms in total. The molecule has 0 aliphatic carbocycles. The van der Waals surface area contributed by atoms with Crippen molar-refractivity contribution >= 4 is 11.9 Å². The van der Waals surface area contributed by atoms with E-state index in [2.05, 4.69) is 14.8 Å². The summed E-state index contributed by atoms with van der Waals surface area (Å²) >= 11 is 0. The molecule has 0 saturated heterocycles. The lowest BCUT2D eigenvalue weighted by molar-refractivity contribution is -0.143. The Bertz CT molecular complexity index is 196. The van der Waals surface area contributed by atoms with Gasteiger partial charge in [0.2, 0.25) is 5.91 Å². The third-order valence-corrected chi connectivity index (χ3v) is 1.24. The number of methoxy groups -OCH3 is 1. The smallest absolute Gasteiger partial charge is 0.329 e. The van der Waals surface area contributed by atoms with E-state index in [9.17, 15) is 9.59 Å². The predicted molar refractivity (Wildman–Crippen MR) is 49.3 cm³/mol. The van der Waals surface area contributed by atoms with Gasteiger partial charge in [-0.1, -0.05) is 0 Å². The Morgan fingerprint density at radius 3 is 2.33 bits per heavy atom. The Balaban J connectivity index is 3.16. The number of carboxylic acids is 1. The topological polar surface area (TPSA) is 94.1 Å². The Hall–Kier alpha value is -1.18. The first-order valence-corrected chi connectivity index (χ1v) is 4.29. The van der Waals surface area contributed by atoms with Crippen LogP contribution in [0.1, 0.15) is 0 Å². The van der Waals surface area contributed by atoms with Crippen LogP contribution in [0.15, 0.2) is 0 Å². The minimum absolute atomic E-state index is 0.0974. The van der Waals surface area contributed by atoms with Crippen LogP contribution < -0.4 is 5.32 Å². The van der Waals surface area contributed by atoms with Crippen molar-refractivity contribution in [2.75, 3.05) is 40.3 Å². The van der Waals surface area contributed by atoms with Gasteiger partial charge in [0.05, 0.1) is 13.2 Å². The molecule has 0 heterocycles. The van der Waals surface area contributed by atoms with E-state index in [1.54, 1.807) is 0 Å². The summed E-state index contributed by atoms with van der Waals surface area (Å²) in [5, 5.41) is 10.6. The SMILES string of the molecule is COCNC(=O)COCCOCC(=O)O. The second-order valence-corrected chi connectivity index (χ2v) is 2.53. The molecule has 0 fully saturated rings. The average Bonchev–Trinajstić information content (AvgIpc) is 2.19.